The molecule has 1 saturated heterocycles. The monoisotopic (exact) mass is 668 g/mol. The average Bonchev–Trinajstić information content (AvgIpc) is 3.12. The van der Waals surface area contributed by atoms with Crippen molar-refractivity contribution in [3.05, 3.63) is 182 Å². The molecule has 0 aromatic heterocycles. The van der Waals surface area contributed by atoms with Crippen LogP contribution in [0.3, 0.4) is 0 Å². The lowest BCUT2D eigenvalue weighted by Crippen LogP contribution is -2.84. The van der Waals surface area contributed by atoms with Gasteiger partial charge >= 0.3 is 34.2 Å². The lowest BCUT2D eigenvalue weighted by Gasteiger charge is -2.52. The Hall–Kier alpha value is -3.97. The number of benzene rings is 6. The van der Waals surface area contributed by atoms with Crippen molar-refractivity contribution in [3.63, 3.8) is 0 Å². The van der Waals surface area contributed by atoms with Gasteiger partial charge in [0.15, 0.2) is 0 Å². The van der Waals surface area contributed by atoms with Gasteiger partial charge in [-0.2, -0.15) is 0 Å². The molecule has 0 aliphatic carbocycles. The van der Waals surface area contributed by atoms with Gasteiger partial charge in [-0.1, -0.05) is 182 Å². The van der Waals surface area contributed by atoms with E-state index in [2.05, 4.69) is 159 Å². The van der Waals surface area contributed by atoms with Gasteiger partial charge in [-0.05, 0) is 44.2 Å². The first kappa shape index (κ1) is 30.7. The average molecular weight is 669 g/mol. The van der Waals surface area contributed by atoms with E-state index in [9.17, 15) is 0 Å². The molecule has 6 aromatic rings. The molecule has 2 atom stereocenters. The number of hydrogen-bond donors (Lipinski definition) is 0. The van der Waals surface area contributed by atoms with E-state index >= 15 is 0 Å². The molecule has 1 aliphatic heterocycles. The minimum absolute atomic E-state index is 1.01. The quantitative estimate of drug-likeness (QED) is 0.245. The predicted molar refractivity (Wildman–Crippen MR) is 196 cm³/mol. The van der Waals surface area contributed by atoms with Gasteiger partial charge in [-0.3, -0.25) is 0 Å². The van der Waals surface area contributed by atoms with Crippen LogP contribution in [0.4, 0.5) is 0 Å². The fourth-order valence-electron chi connectivity index (χ4n) is 6.36. The zero-order valence-electron chi connectivity index (χ0n) is 26.0. The highest BCUT2D eigenvalue weighted by Gasteiger charge is 2.64. The van der Waals surface area contributed by atoms with Gasteiger partial charge in [0.1, 0.15) is 0 Å². The maximum absolute atomic E-state index is 8.07. The molecule has 0 bridgehead atoms. The first-order valence-corrected chi connectivity index (χ1v) is 23.9. The topological polar surface area (TPSA) is 36.9 Å². The van der Waals surface area contributed by atoms with E-state index in [1.807, 2.05) is 36.4 Å². The van der Waals surface area contributed by atoms with E-state index in [0.29, 0.717) is 0 Å². The molecular weight excluding hydrogens is 633 g/mol. The molecule has 228 valence electrons. The highest BCUT2D eigenvalue weighted by molar-refractivity contribution is 7.12. The van der Waals surface area contributed by atoms with Crippen LogP contribution in [0.15, 0.2) is 182 Å². The van der Waals surface area contributed by atoms with Crippen LogP contribution in [0, 0.1) is 0 Å². The zero-order chi connectivity index (χ0) is 31.5. The van der Waals surface area contributed by atoms with E-state index in [1.165, 1.54) is 0 Å². The Bertz CT molecular complexity index is 1650. The SMILES string of the molecule is C[Si]1(c2ccccc2)O[Si](C)(c2ccccc2)O[Si](c2ccccc2)(c2ccccc2)O[Si](c2ccccc2)(c2ccccc2)O1. The van der Waals surface area contributed by atoms with Crippen LogP contribution in [0.2, 0.25) is 13.1 Å². The molecule has 0 radical (unpaired) electrons. The van der Waals surface area contributed by atoms with Crippen molar-refractivity contribution >= 4 is 65.4 Å². The minimum Gasteiger partial charge on any atom is -0.409 e. The van der Waals surface area contributed by atoms with Gasteiger partial charge in [-0.15, -0.1) is 0 Å². The largest absolute Gasteiger partial charge is 0.409 e. The second-order valence-corrected chi connectivity index (χ2v) is 24.7. The second kappa shape index (κ2) is 12.7. The van der Waals surface area contributed by atoms with E-state index < -0.39 is 34.2 Å². The Morgan fingerprint density at radius 1 is 0.261 bits per heavy atom. The van der Waals surface area contributed by atoms with E-state index in [4.69, 9.17) is 16.5 Å². The van der Waals surface area contributed by atoms with Gasteiger partial charge in [0, 0.05) is 0 Å². The molecule has 6 aromatic carbocycles. The summed E-state index contributed by atoms with van der Waals surface area (Å²) in [6.45, 7) is 4.33. The first-order valence-electron chi connectivity index (χ1n) is 15.6. The van der Waals surface area contributed by atoms with Crippen molar-refractivity contribution in [3.8, 4) is 0 Å². The van der Waals surface area contributed by atoms with Crippen molar-refractivity contribution < 1.29 is 16.5 Å². The molecule has 0 saturated carbocycles. The van der Waals surface area contributed by atoms with Crippen molar-refractivity contribution in [2.45, 2.75) is 13.1 Å². The summed E-state index contributed by atoms with van der Waals surface area (Å²) in [4.78, 5) is 0. The summed E-state index contributed by atoms with van der Waals surface area (Å²) in [7, 11) is -13.8. The number of rotatable bonds is 6. The van der Waals surface area contributed by atoms with Gasteiger partial charge < -0.3 is 16.5 Å². The molecule has 1 aliphatic rings. The van der Waals surface area contributed by atoms with E-state index in [1.54, 1.807) is 0 Å². The molecule has 8 heteroatoms. The Morgan fingerprint density at radius 2 is 0.478 bits per heavy atom. The van der Waals surface area contributed by atoms with Crippen LogP contribution in [-0.2, 0) is 16.5 Å². The molecule has 0 spiro atoms. The van der Waals surface area contributed by atoms with Crippen LogP contribution in [0.1, 0.15) is 0 Å². The third kappa shape index (κ3) is 5.63. The summed E-state index contributed by atoms with van der Waals surface area (Å²) in [5.41, 5.74) is 0. The van der Waals surface area contributed by atoms with Gasteiger partial charge in [0.25, 0.3) is 0 Å². The summed E-state index contributed by atoms with van der Waals surface area (Å²) in [5.74, 6) is 0. The Morgan fingerprint density at radius 3 is 0.717 bits per heavy atom. The summed E-state index contributed by atoms with van der Waals surface area (Å²) >= 11 is 0. The molecule has 0 N–H and O–H groups in total. The van der Waals surface area contributed by atoms with Gasteiger partial charge in [0.2, 0.25) is 0 Å². The lowest BCUT2D eigenvalue weighted by molar-refractivity contribution is 0.261. The Kier molecular flexibility index (Phi) is 8.45. The fraction of sp³-hybridized carbons (Fsp3) is 0.0526. The molecule has 1 heterocycles. The Labute approximate surface area is 275 Å². The molecular formula is C38H36O4Si4. The highest BCUT2D eigenvalue weighted by Crippen LogP contribution is 2.31. The normalized spacial score (nSPS) is 22.3. The summed E-state index contributed by atoms with van der Waals surface area (Å²) in [5, 5.41) is 6.12. The van der Waals surface area contributed by atoms with Crippen LogP contribution >= 0.6 is 0 Å². The maximum Gasteiger partial charge on any atom is 0.390 e. The molecule has 1 fully saturated rings. The van der Waals surface area contributed by atoms with Crippen LogP contribution in [0.5, 0.6) is 0 Å². The summed E-state index contributed by atoms with van der Waals surface area (Å²) in [6, 6.07) is 62.7. The standard InChI is InChI=1S/C38H36O4Si4/c1-43(33-21-9-3-10-22-33)39-44(2,34-23-11-4-12-24-34)41-46(37-29-17-7-18-30-37,38-31-19-8-20-32-38)42-45(40-43,35-25-13-5-14-26-35)36-27-15-6-16-28-36/h3-32H,1-2H3. The third-order valence-electron chi connectivity index (χ3n) is 8.57. The number of hydrogen-bond acceptors (Lipinski definition) is 4. The zero-order valence-corrected chi connectivity index (χ0v) is 30.0. The molecule has 46 heavy (non-hydrogen) atoms. The van der Waals surface area contributed by atoms with Crippen LogP contribution in [-0.4, -0.2) is 34.2 Å². The van der Waals surface area contributed by atoms with E-state index in [-0.39, 0.29) is 0 Å². The fourth-order valence-corrected chi connectivity index (χ4v) is 28.0. The first-order chi connectivity index (χ1) is 22.5. The van der Waals surface area contributed by atoms with E-state index in [0.717, 1.165) is 31.1 Å². The second-order valence-electron chi connectivity index (χ2n) is 11.7. The van der Waals surface area contributed by atoms with Crippen molar-refractivity contribution in [2.75, 3.05) is 0 Å². The van der Waals surface area contributed by atoms with Crippen LogP contribution in [0.25, 0.3) is 0 Å². The van der Waals surface area contributed by atoms with Crippen molar-refractivity contribution in [2.24, 2.45) is 0 Å². The van der Waals surface area contributed by atoms with Crippen LogP contribution < -0.4 is 31.1 Å². The maximum atomic E-state index is 8.07. The van der Waals surface area contributed by atoms with Crippen molar-refractivity contribution in [1.29, 1.82) is 0 Å². The Balaban J connectivity index is 1.60. The highest BCUT2D eigenvalue weighted by atomic mass is 28.5. The summed E-state index contributed by atoms with van der Waals surface area (Å²) < 4.78 is 31.5. The third-order valence-corrected chi connectivity index (χ3v) is 26.5. The molecule has 0 amide bonds. The van der Waals surface area contributed by atoms with Crippen molar-refractivity contribution in [1.82, 2.24) is 0 Å². The molecule has 4 nitrogen and oxygen atoms in total. The predicted octanol–water partition coefficient (Wildman–Crippen LogP) is 4.54. The minimum atomic E-state index is -3.60. The molecule has 2 unspecified atom stereocenters. The van der Waals surface area contributed by atoms with Gasteiger partial charge in [-0.25, -0.2) is 0 Å². The molecule has 7 rings (SSSR count). The smallest absolute Gasteiger partial charge is 0.390 e. The lowest BCUT2D eigenvalue weighted by atomic mass is 10.4. The van der Waals surface area contributed by atoms with Gasteiger partial charge in [0.05, 0.1) is 0 Å². The summed E-state index contributed by atoms with van der Waals surface area (Å²) in [6.07, 6.45) is 0.